The number of benzene rings is 1. The van der Waals surface area contributed by atoms with Gasteiger partial charge in [0, 0.05) is 5.41 Å². The van der Waals surface area contributed by atoms with Crippen LogP contribution in [0.5, 0.6) is 0 Å². The van der Waals surface area contributed by atoms with E-state index >= 15 is 0 Å². The molecule has 0 spiro atoms. The SMILES string of the molecule is CC(C)(C)c1ncc(-c2c(Cl)cccc2Cl)o1. The molecule has 0 fully saturated rings. The van der Waals surface area contributed by atoms with Crippen molar-refractivity contribution in [3.8, 4) is 11.3 Å². The number of hydrogen-bond acceptors (Lipinski definition) is 2. The normalized spacial score (nSPS) is 11.8. The van der Waals surface area contributed by atoms with Gasteiger partial charge in [-0.25, -0.2) is 4.98 Å². The third-order valence-corrected chi connectivity index (χ3v) is 2.99. The second-order valence-corrected chi connectivity index (χ2v) is 5.69. The van der Waals surface area contributed by atoms with E-state index in [0.717, 1.165) is 0 Å². The molecule has 17 heavy (non-hydrogen) atoms. The van der Waals surface area contributed by atoms with Gasteiger partial charge in [-0.3, -0.25) is 0 Å². The Hall–Kier alpha value is -0.990. The maximum atomic E-state index is 6.12. The van der Waals surface area contributed by atoms with Crippen LogP contribution in [0.1, 0.15) is 26.7 Å². The van der Waals surface area contributed by atoms with Gasteiger partial charge in [0.2, 0.25) is 0 Å². The molecule has 0 aliphatic rings. The molecule has 0 aliphatic carbocycles. The number of rotatable bonds is 1. The number of oxazole rings is 1. The molecule has 0 unspecified atom stereocenters. The first-order valence-corrected chi connectivity index (χ1v) is 6.06. The highest BCUT2D eigenvalue weighted by molar-refractivity contribution is 6.39. The summed E-state index contributed by atoms with van der Waals surface area (Å²) in [5.41, 5.74) is 0.560. The number of aromatic nitrogens is 1. The Labute approximate surface area is 111 Å². The van der Waals surface area contributed by atoms with Gasteiger partial charge in [0.05, 0.1) is 21.8 Å². The molecular formula is C13H13Cl2NO. The van der Waals surface area contributed by atoms with Gasteiger partial charge in [-0.1, -0.05) is 50.0 Å². The Morgan fingerprint density at radius 1 is 1.12 bits per heavy atom. The van der Waals surface area contributed by atoms with Gasteiger partial charge >= 0.3 is 0 Å². The van der Waals surface area contributed by atoms with Crippen LogP contribution in [0.2, 0.25) is 10.0 Å². The van der Waals surface area contributed by atoms with Crippen LogP contribution in [-0.4, -0.2) is 4.98 Å². The molecule has 0 amide bonds. The summed E-state index contributed by atoms with van der Waals surface area (Å²) in [5, 5.41) is 1.13. The Morgan fingerprint density at radius 2 is 1.71 bits per heavy atom. The summed E-state index contributed by atoms with van der Waals surface area (Å²) in [7, 11) is 0. The highest BCUT2D eigenvalue weighted by Crippen LogP contribution is 2.36. The summed E-state index contributed by atoms with van der Waals surface area (Å²) in [5.74, 6) is 1.27. The second kappa shape index (κ2) is 4.35. The van der Waals surface area contributed by atoms with Crippen LogP contribution in [0.25, 0.3) is 11.3 Å². The molecule has 0 atom stereocenters. The summed E-state index contributed by atoms with van der Waals surface area (Å²) < 4.78 is 5.72. The smallest absolute Gasteiger partial charge is 0.200 e. The standard InChI is InChI=1S/C13H13Cl2NO/c1-13(2,3)12-16-7-10(17-12)11-8(14)5-4-6-9(11)15/h4-7H,1-3H3. The summed E-state index contributed by atoms with van der Waals surface area (Å²) in [4.78, 5) is 4.26. The van der Waals surface area contributed by atoms with Gasteiger partial charge in [-0.2, -0.15) is 0 Å². The van der Waals surface area contributed by atoms with E-state index in [1.165, 1.54) is 0 Å². The lowest BCUT2D eigenvalue weighted by Gasteiger charge is -2.12. The minimum atomic E-state index is -0.133. The van der Waals surface area contributed by atoms with Gasteiger partial charge in [0.1, 0.15) is 0 Å². The molecule has 2 aromatic rings. The first-order chi connectivity index (χ1) is 7.89. The maximum absolute atomic E-state index is 6.12. The van der Waals surface area contributed by atoms with E-state index in [1.54, 1.807) is 24.4 Å². The molecule has 1 aromatic heterocycles. The number of nitrogens with zero attached hydrogens (tertiary/aromatic N) is 1. The Morgan fingerprint density at radius 3 is 2.18 bits per heavy atom. The van der Waals surface area contributed by atoms with Crippen molar-refractivity contribution < 1.29 is 4.42 Å². The largest absolute Gasteiger partial charge is 0.440 e. The van der Waals surface area contributed by atoms with Crippen LogP contribution in [0.15, 0.2) is 28.8 Å². The average molecular weight is 270 g/mol. The predicted octanol–water partition coefficient (Wildman–Crippen LogP) is 4.95. The van der Waals surface area contributed by atoms with Crippen LogP contribution in [-0.2, 0) is 5.41 Å². The highest BCUT2D eigenvalue weighted by Gasteiger charge is 2.22. The minimum Gasteiger partial charge on any atom is -0.440 e. The lowest BCUT2D eigenvalue weighted by Crippen LogP contribution is -2.10. The number of halogens is 2. The van der Waals surface area contributed by atoms with E-state index in [-0.39, 0.29) is 5.41 Å². The topological polar surface area (TPSA) is 26.0 Å². The van der Waals surface area contributed by atoms with Gasteiger partial charge in [0.25, 0.3) is 0 Å². The highest BCUT2D eigenvalue weighted by atomic mass is 35.5. The zero-order valence-electron chi connectivity index (χ0n) is 9.92. The predicted molar refractivity (Wildman–Crippen MR) is 70.7 cm³/mol. The van der Waals surface area contributed by atoms with Crippen LogP contribution < -0.4 is 0 Å². The van der Waals surface area contributed by atoms with Crippen molar-refractivity contribution >= 4 is 23.2 Å². The van der Waals surface area contributed by atoms with Gasteiger partial charge in [-0.15, -0.1) is 0 Å². The molecule has 4 heteroatoms. The molecule has 90 valence electrons. The van der Waals surface area contributed by atoms with Crippen LogP contribution in [0, 0.1) is 0 Å². The summed E-state index contributed by atoms with van der Waals surface area (Å²) in [6.07, 6.45) is 1.66. The van der Waals surface area contributed by atoms with Crippen LogP contribution in [0.4, 0.5) is 0 Å². The summed E-state index contributed by atoms with van der Waals surface area (Å²) >= 11 is 12.2. The molecule has 2 nitrogen and oxygen atoms in total. The molecule has 2 rings (SSSR count). The third kappa shape index (κ3) is 2.48. The monoisotopic (exact) mass is 269 g/mol. The van der Waals surface area contributed by atoms with E-state index < -0.39 is 0 Å². The van der Waals surface area contributed by atoms with Crippen molar-refractivity contribution in [1.82, 2.24) is 4.98 Å². The molecule has 1 heterocycles. The average Bonchev–Trinajstić information content (AvgIpc) is 2.65. The number of hydrogen-bond donors (Lipinski definition) is 0. The Balaban J connectivity index is 2.51. The van der Waals surface area contributed by atoms with E-state index in [1.807, 2.05) is 20.8 Å². The summed E-state index contributed by atoms with van der Waals surface area (Å²) in [6, 6.07) is 5.36. The molecule has 0 radical (unpaired) electrons. The summed E-state index contributed by atoms with van der Waals surface area (Å²) in [6.45, 7) is 6.12. The minimum absolute atomic E-state index is 0.133. The molecule has 1 aromatic carbocycles. The van der Waals surface area contributed by atoms with E-state index in [0.29, 0.717) is 27.3 Å². The van der Waals surface area contributed by atoms with Gasteiger partial charge < -0.3 is 4.42 Å². The molecule has 0 saturated heterocycles. The van der Waals surface area contributed by atoms with Crippen molar-refractivity contribution in [2.75, 3.05) is 0 Å². The van der Waals surface area contributed by atoms with Gasteiger partial charge in [-0.05, 0) is 12.1 Å². The zero-order valence-corrected chi connectivity index (χ0v) is 11.4. The molecule has 0 saturated carbocycles. The fraction of sp³-hybridized carbons (Fsp3) is 0.308. The van der Waals surface area contributed by atoms with Crippen molar-refractivity contribution in [3.05, 3.63) is 40.3 Å². The fourth-order valence-electron chi connectivity index (χ4n) is 1.47. The van der Waals surface area contributed by atoms with Crippen molar-refractivity contribution in [1.29, 1.82) is 0 Å². The van der Waals surface area contributed by atoms with Gasteiger partial charge in [0.15, 0.2) is 11.7 Å². The Kier molecular flexibility index (Phi) is 3.19. The van der Waals surface area contributed by atoms with E-state index in [4.69, 9.17) is 27.6 Å². The molecule has 0 bridgehead atoms. The van der Waals surface area contributed by atoms with Crippen molar-refractivity contribution in [2.45, 2.75) is 26.2 Å². The Bertz CT molecular complexity index is 520. The van der Waals surface area contributed by atoms with E-state index in [9.17, 15) is 0 Å². The first kappa shape index (κ1) is 12.5. The lowest BCUT2D eigenvalue weighted by atomic mass is 9.97. The van der Waals surface area contributed by atoms with Crippen LogP contribution in [0.3, 0.4) is 0 Å². The quantitative estimate of drug-likeness (QED) is 0.733. The fourth-order valence-corrected chi connectivity index (χ4v) is 2.05. The van der Waals surface area contributed by atoms with Crippen molar-refractivity contribution in [3.63, 3.8) is 0 Å². The first-order valence-electron chi connectivity index (χ1n) is 5.30. The molecular weight excluding hydrogens is 257 g/mol. The van der Waals surface area contributed by atoms with Crippen molar-refractivity contribution in [2.24, 2.45) is 0 Å². The maximum Gasteiger partial charge on any atom is 0.200 e. The van der Waals surface area contributed by atoms with Crippen LogP contribution >= 0.6 is 23.2 Å². The molecule has 0 N–H and O–H groups in total. The molecule has 0 aliphatic heterocycles. The lowest BCUT2D eigenvalue weighted by molar-refractivity contribution is 0.399. The second-order valence-electron chi connectivity index (χ2n) is 4.88. The third-order valence-electron chi connectivity index (χ3n) is 2.36. The zero-order chi connectivity index (χ0) is 12.6. The van der Waals surface area contributed by atoms with E-state index in [2.05, 4.69) is 4.98 Å².